The number of nitrogens with zero attached hydrogens (tertiary/aromatic N) is 1. The van der Waals surface area contributed by atoms with Crippen LogP contribution in [-0.2, 0) is 14.8 Å². The van der Waals surface area contributed by atoms with Gasteiger partial charge in [-0.1, -0.05) is 24.6 Å². The number of piperidine rings is 1. The highest BCUT2D eigenvalue weighted by Crippen LogP contribution is 2.26. The number of carbonyl (C=O) groups excluding carboxylic acids is 1. The minimum atomic E-state index is -3.27. The number of benzene rings is 1. The van der Waals surface area contributed by atoms with Crippen LogP contribution in [0.5, 0.6) is 0 Å². The molecule has 2 heterocycles. The highest BCUT2D eigenvalue weighted by molar-refractivity contribution is 7.88. The molecule has 0 saturated carbocycles. The van der Waals surface area contributed by atoms with Crippen LogP contribution in [-0.4, -0.2) is 51.2 Å². The quantitative estimate of drug-likeness (QED) is 0.663. The zero-order valence-corrected chi connectivity index (χ0v) is 17.9. The number of likely N-dealkylation sites (tertiary alicyclic amines) is 1. The van der Waals surface area contributed by atoms with E-state index in [-0.39, 0.29) is 30.4 Å². The Kier molecular flexibility index (Phi) is 7.39. The van der Waals surface area contributed by atoms with E-state index in [1.807, 2.05) is 22.4 Å². The molecule has 2 atom stereocenters. The molecule has 0 aliphatic carbocycles. The van der Waals surface area contributed by atoms with Crippen molar-refractivity contribution in [1.82, 2.24) is 14.9 Å². The lowest BCUT2D eigenvalue weighted by molar-refractivity contribution is -0.123. The van der Waals surface area contributed by atoms with Crippen LogP contribution in [0.2, 0.25) is 0 Å². The number of thiophene rings is 1. The van der Waals surface area contributed by atoms with Crippen LogP contribution < -0.4 is 10.0 Å². The van der Waals surface area contributed by atoms with E-state index in [1.54, 1.807) is 12.1 Å². The topological polar surface area (TPSA) is 78.5 Å². The zero-order chi connectivity index (χ0) is 20.9. The van der Waals surface area contributed by atoms with Crippen LogP contribution in [0.25, 0.3) is 0 Å². The molecule has 6 nitrogen and oxygen atoms in total. The van der Waals surface area contributed by atoms with E-state index in [4.69, 9.17) is 0 Å². The van der Waals surface area contributed by atoms with E-state index in [0.29, 0.717) is 6.54 Å². The van der Waals surface area contributed by atoms with Crippen LogP contribution in [0.4, 0.5) is 4.39 Å². The summed E-state index contributed by atoms with van der Waals surface area (Å²) >= 11 is 1.53. The van der Waals surface area contributed by atoms with Crippen LogP contribution in [0, 0.1) is 5.82 Å². The van der Waals surface area contributed by atoms with E-state index in [2.05, 4.69) is 10.0 Å². The summed E-state index contributed by atoms with van der Waals surface area (Å²) in [7, 11) is -3.27. The maximum absolute atomic E-state index is 13.3. The molecule has 1 aliphatic rings. The summed E-state index contributed by atoms with van der Waals surface area (Å²) in [4.78, 5) is 15.8. The van der Waals surface area contributed by atoms with Crippen molar-refractivity contribution in [3.8, 4) is 0 Å². The standard InChI is InChI=1S/C20H26FN3O3S2/c1-29(26,27)22-13-17-5-2-3-11-24(17)14-19(25)23-20(18-6-4-12-28-18)15-7-9-16(21)10-8-15/h4,6-10,12,17,20,22H,2-3,5,11,13-14H2,1H3,(H,23,25)/t17-,20+/m0/s1. The van der Waals surface area contributed by atoms with Crippen molar-refractivity contribution >= 4 is 27.3 Å². The lowest BCUT2D eigenvalue weighted by Gasteiger charge is -2.35. The maximum atomic E-state index is 13.3. The van der Waals surface area contributed by atoms with Gasteiger partial charge in [-0.25, -0.2) is 17.5 Å². The third kappa shape index (κ3) is 6.60. The molecule has 1 aliphatic heterocycles. The van der Waals surface area contributed by atoms with Gasteiger partial charge in [-0.05, 0) is 48.5 Å². The second-order valence-corrected chi connectivity index (χ2v) is 10.1. The molecule has 0 spiro atoms. The van der Waals surface area contributed by atoms with Gasteiger partial charge in [-0.15, -0.1) is 11.3 Å². The molecule has 1 amide bonds. The molecular formula is C20H26FN3O3S2. The van der Waals surface area contributed by atoms with Gasteiger partial charge in [0.15, 0.2) is 0 Å². The minimum absolute atomic E-state index is 0.00441. The molecule has 9 heteroatoms. The van der Waals surface area contributed by atoms with Crippen molar-refractivity contribution in [2.24, 2.45) is 0 Å². The summed E-state index contributed by atoms with van der Waals surface area (Å²) in [5.41, 5.74) is 0.816. The van der Waals surface area contributed by atoms with Gasteiger partial charge in [0.1, 0.15) is 5.82 Å². The van der Waals surface area contributed by atoms with E-state index in [1.165, 1.54) is 23.5 Å². The lowest BCUT2D eigenvalue weighted by atomic mass is 10.0. The molecule has 3 rings (SSSR count). The van der Waals surface area contributed by atoms with E-state index in [9.17, 15) is 17.6 Å². The first-order valence-corrected chi connectivity index (χ1v) is 12.4. The summed E-state index contributed by atoms with van der Waals surface area (Å²) in [5.74, 6) is -0.460. The number of nitrogens with one attached hydrogen (secondary N) is 2. The summed E-state index contributed by atoms with van der Waals surface area (Å²) in [5, 5.41) is 5.00. The van der Waals surface area contributed by atoms with Gasteiger partial charge in [0.25, 0.3) is 0 Å². The van der Waals surface area contributed by atoms with Gasteiger partial charge < -0.3 is 5.32 Å². The van der Waals surface area contributed by atoms with Crippen molar-refractivity contribution < 1.29 is 17.6 Å². The molecule has 0 bridgehead atoms. The average Bonchev–Trinajstić information content (AvgIpc) is 3.20. The molecule has 0 unspecified atom stereocenters. The summed E-state index contributed by atoms with van der Waals surface area (Å²) in [6, 6.07) is 9.65. The Balaban J connectivity index is 1.68. The Morgan fingerprint density at radius 2 is 2.03 bits per heavy atom. The Labute approximate surface area is 175 Å². The van der Waals surface area contributed by atoms with Gasteiger partial charge in [0.05, 0.1) is 18.8 Å². The fraction of sp³-hybridized carbons (Fsp3) is 0.450. The Morgan fingerprint density at radius 3 is 2.69 bits per heavy atom. The van der Waals surface area contributed by atoms with Crippen LogP contribution in [0.3, 0.4) is 0 Å². The Morgan fingerprint density at radius 1 is 1.28 bits per heavy atom. The lowest BCUT2D eigenvalue weighted by Crippen LogP contribution is -2.50. The van der Waals surface area contributed by atoms with Gasteiger partial charge in [-0.2, -0.15) is 0 Å². The van der Waals surface area contributed by atoms with Gasteiger partial charge >= 0.3 is 0 Å². The van der Waals surface area contributed by atoms with Crippen molar-refractivity contribution in [2.45, 2.75) is 31.3 Å². The van der Waals surface area contributed by atoms with Crippen LogP contribution in [0.1, 0.15) is 35.7 Å². The van der Waals surface area contributed by atoms with Crippen molar-refractivity contribution in [3.05, 3.63) is 58.0 Å². The van der Waals surface area contributed by atoms with E-state index in [0.717, 1.165) is 42.5 Å². The summed E-state index contributed by atoms with van der Waals surface area (Å²) in [6.45, 7) is 1.25. The van der Waals surface area contributed by atoms with Crippen molar-refractivity contribution in [3.63, 3.8) is 0 Å². The number of hydrogen-bond donors (Lipinski definition) is 2. The number of carbonyl (C=O) groups is 1. The van der Waals surface area contributed by atoms with E-state index >= 15 is 0 Å². The molecule has 2 N–H and O–H groups in total. The van der Waals surface area contributed by atoms with Gasteiger partial charge in [0, 0.05) is 17.5 Å². The predicted molar refractivity (Wildman–Crippen MR) is 113 cm³/mol. The minimum Gasteiger partial charge on any atom is -0.343 e. The van der Waals surface area contributed by atoms with Gasteiger partial charge in [-0.3, -0.25) is 9.69 Å². The maximum Gasteiger partial charge on any atom is 0.234 e. The number of halogens is 1. The third-order valence-electron chi connectivity index (χ3n) is 5.01. The molecule has 29 heavy (non-hydrogen) atoms. The number of rotatable bonds is 8. The monoisotopic (exact) mass is 439 g/mol. The first-order chi connectivity index (χ1) is 13.8. The number of hydrogen-bond acceptors (Lipinski definition) is 5. The Hall–Kier alpha value is -1.81. The van der Waals surface area contributed by atoms with E-state index < -0.39 is 10.0 Å². The first kappa shape index (κ1) is 21.9. The molecule has 1 saturated heterocycles. The van der Waals surface area contributed by atoms with Crippen LogP contribution in [0.15, 0.2) is 41.8 Å². The van der Waals surface area contributed by atoms with Gasteiger partial charge in [0.2, 0.25) is 15.9 Å². The smallest absolute Gasteiger partial charge is 0.234 e. The summed E-state index contributed by atoms with van der Waals surface area (Å²) in [6.07, 6.45) is 3.99. The predicted octanol–water partition coefficient (Wildman–Crippen LogP) is 2.50. The molecule has 0 radical (unpaired) electrons. The normalized spacial score (nSPS) is 19.0. The first-order valence-electron chi connectivity index (χ1n) is 9.59. The van der Waals surface area contributed by atoms with Crippen molar-refractivity contribution in [1.29, 1.82) is 0 Å². The molecule has 1 fully saturated rings. The summed E-state index contributed by atoms with van der Waals surface area (Å²) < 4.78 is 38.7. The second-order valence-electron chi connectivity index (χ2n) is 7.31. The van der Waals surface area contributed by atoms with Crippen LogP contribution >= 0.6 is 11.3 Å². The highest BCUT2D eigenvalue weighted by atomic mass is 32.2. The SMILES string of the molecule is CS(=O)(=O)NC[C@@H]1CCCCN1CC(=O)N[C@H](c1ccc(F)cc1)c1cccs1. The highest BCUT2D eigenvalue weighted by Gasteiger charge is 2.26. The third-order valence-corrected chi connectivity index (χ3v) is 6.64. The number of sulfonamides is 1. The number of amides is 1. The molecule has 1 aromatic heterocycles. The Bertz CT molecular complexity index is 902. The molecule has 1 aromatic carbocycles. The molecule has 158 valence electrons. The molecular weight excluding hydrogens is 413 g/mol. The fourth-order valence-electron chi connectivity index (χ4n) is 3.57. The fourth-order valence-corrected chi connectivity index (χ4v) is 4.87. The zero-order valence-electron chi connectivity index (χ0n) is 16.3. The largest absolute Gasteiger partial charge is 0.343 e. The second kappa shape index (κ2) is 9.80. The van der Waals surface area contributed by atoms with Crippen molar-refractivity contribution in [2.75, 3.05) is 25.9 Å². The average molecular weight is 440 g/mol. The molecule has 2 aromatic rings.